The molecular weight excluding hydrogens is 439 g/mol. The Balaban J connectivity index is 0.00000210. The van der Waals surface area contributed by atoms with Crippen LogP contribution in [-0.4, -0.2) is 55.6 Å². The van der Waals surface area contributed by atoms with Crippen LogP contribution >= 0.6 is 36.4 Å². The molecule has 2 saturated heterocycles. The van der Waals surface area contributed by atoms with E-state index in [0.717, 1.165) is 12.0 Å². The molecule has 2 heterocycles. The lowest BCUT2D eigenvalue weighted by molar-refractivity contribution is -0.124. The summed E-state index contributed by atoms with van der Waals surface area (Å²) in [5.74, 6) is 0.579. The number of rotatable bonds is 6. The van der Waals surface area contributed by atoms with Gasteiger partial charge in [0.15, 0.2) is 5.78 Å². The van der Waals surface area contributed by atoms with Gasteiger partial charge in [0.25, 0.3) is 0 Å². The Bertz CT molecular complexity index is 707. The van der Waals surface area contributed by atoms with Crippen molar-refractivity contribution in [2.24, 2.45) is 5.73 Å². The molecule has 10 heteroatoms. The van der Waals surface area contributed by atoms with Crippen molar-refractivity contribution in [2.45, 2.75) is 50.4 Å². The summed E-state index contributed by atoms with van der Waals surface area (Å²) in [6.45, 7) is 3.24. The molecule has 2 fully saturated rings. The minimum atomic E-state index is -0.271. The number of carbonyl (C=O) groups excluding carboxylic acids is 2. The summed E-state index contributed by atoms with van der Waals surface area (Å²) in [5.41, 5.74) is 6.41. The number of piperidine rings is 1. The molecule has 0 bridgehead atoms. The molecule has 29 heavy (non-hydrogen) atoms. The van der Waals surface area contributed by atoms with E-state index in [0.29, 0.717) is 36.7 Å². The summed E-state index contributed by atoms with van der Waals surface area (Å²) in [4.78, 5) is 24.3. The van der Waals surface area contributed by atoms with Crippen LogP contribution in [0.1, 0.15) is 24.8 Å². The molecule has 164 valence electrons. The third-order valence-electron chi connectivity index (χ3n) is 5.10. The number of aryl methyl sites for hydroxylation is 1. The third kappa shape index (κ3) is 6.98. The molecule has 5 N–H and O–H groups in total. The van der Waals surface area contributed by atoms with Crippen molar-refractivity contribution >= 4 is 48.1 Å². The van der Waals surface area contributed by atoms with E-state index in [9.17, 15) is 9.59 Å². The molecule has 0 aromatic heterocycles. The molecule has 1 amide bonds. The quantitative estimate of drug-likeness (QED) is 0.503. The number of ketones is 1. The number of hydrogen-bond acceptors (Lipinski definition) is 6. The van der Waals surface area contributed by atoms with Crippen molar-refractivity contribution in [2.75, 3.05) is 19.6 Å². The summed E-state index contributed by atoms with van der Waals surface area (Å²) in [6.07, 6.45) is 1.94. The maximum atomic E-state index is 12.9. The van der Waals surface area contributed by atoms with Crippen molar-refractivity contribution in [1.82, 2.24) is 16.0 Å². The van der Waals surface area contributed by atoms with Crippen LogP contribution in [0.4, 0.5) is 0 Å². The maximum Gasteiger partial charge on any atom is 0.233 e. The molecule has 2 aliphatic heterocycles. The normalized spacial score (nSPS) is 26.0. The smallest absolute Gasteiger partial charge is 0.233 e. The second-order valence-corrected chi connectivity index (χ2v) is 7.68. The fourth-order valence-electron chi connectivity index (χ4n) is 3.68. The molecular formula is C19H29Cl3N4O3. The van der Waals surface area contributed by atoms with E-state index in [1.54, 1.807) is 0 Å². The van der Waals surface area contributed by atoms with Crippen molar-refractivity contribution in [3.05, 3.63) is 28.8 Å². The van der Waals surface area contributed by atoms with Crippen LogP contribution in [0.5, 0.6) is 5.75 Å². The number of halogens is 3. The lowest BCUT2D eigenvalue weighted by Crippen LogP contribution is -2.51. The average molecular weight is 468 g/mol. The summed E-state index contributed by atoms with van der Waals surface area (Å²) < 4.78 is 6.08. The predicted molar refractivity (Wildman–Crippen MR) is 119 cm³/mol. The van der Waals surface area contributed by atoms with Gasteiger partial charge in [0.2, 0.25) is 5.91 Å². The van der Waals surface area contributed by atoms with Gasteiger partial charge >= 0.3 is 0 Å². The molecule has 2 unspecified atom stereocenters. The van der Waals surface area contributed by atoms with Gasteiger partial charge in [-0.3, -0.25) is 9.59 Å². The van der Waals surface area contributed by atoms with E-state index in [1.807, 2.05) is 25.1 Å². The monoisotopic (exact) mass is 466 g/mol. The molecule has 2 aliphatic rings. The third-order valence-corrected chi connectivity index (χ3v) is 5.42. The van der Waals surface area contributed by atoms with E-state index in [4.69, 9.17) is 22.1 Å². The van der Waals surface area contributed by atoms with Crippen LogP contribution in [0.15, 0.2) is 18.2 Å². The Morgan fingerprint density at radius 1 is 1.24 bits per heavy atom. The molecule has 1 aromatic rings. The predicted octanol–water partition coefficient (Wildman–Crippen LogP) is 1.37. The lowest BCUT2D eigenvalue weighted by atomic mass is 9.93. The Hall–Kier alpha value is -1.09. The Morgan fingerprint density at radius 3 is 2.69 bits per heavy atom. The van der Waals surface area contributed by atoms with Crippen molar-refractivity contribution < 1.29 is 14.3 Å². The molecule has 7 nitrogen and oxygen atoms in total. The number of benzene rings is 1. The van der Waals surface area contributed by atoms with Gasteiger partial charge in [-0.05, 0) is 44.0 Å². The molecule has 3 rings (SSSR count). The number of carbonyl (C=O) groups is 2. The zero-order valence-corrected chi connectivity index (χ0v) is 18.7. The second-order valence-electron chi connectivity index (χ2n) is 7.27. The summed E-state index contributed by atoms with van der Waals surface area (Å²) in [7, 11) is 0. The van der Waals surface area contributed by atoms with E-state index in [1.165, 1.54) is 0 Å². The van der Waals surface area contributed by atoms with Crippen LogP contribution in [0, 0.1) is 6.92 Å². The summed E-state index contributed by atoms with van der Waals surface area (Å²) in [6, 6.07) is 5.09. The van der Waals surface area contributed by atoms with Gasteiger partial charge in [0.05, 0.1) is 23.7 Å². The van der Waals surface area contributed by atoms with Crippen molar-refractivity contribution in [3.8, 4) is 5.75 Å². The Labute approximate surface area is 188 Å². The van der Waals surface area contributed by atoms with Crippen molar-refractivity contribution in [1.29, 1.82) is 0 Å². The first-order valence-corrected chi connectivity index (χ1v) is 9.76. The second kappa shape index (κ2) is 11.9. The zero-order valence-electron chi connectivity index (χ0n) is 16.3. The number of nitrogens with one attached hydrogen (secondary N) is 3. The Morgan fingerprint density at radius 2 is 1.97 bits per heavy atom. The van der Waals surface area contributed by atoms with E-state index < -0.39 is 0 Å². The SMILES string of the molecule is Cc1ccc(Cl)c(OC2CCNC(C(=O)[C@@H]3C[C@@H](NC(=O)CN)CN3)C2)c1.Cl.Cl. The first kappa shape index (κ1) is 25.9. The number of nitrogens with two attached hydrogens (primary N) is 1. The van der Waals surface area contributed by atoms with Gasteiger partial charge in [-0.1, -0.05) is 17.7 Å². The van der Waals surface area contributed by atoms with Gasteiger partial charge in [0, 0.05) is 19.0 Å². The molecule has 0 spiro atoms. The number of amides is 1. The highest BCUT2D eigenvalue weighted by atomic mass is 35.5. The standard InChI is InChI=1S/C19H27ClN4O3.2ClH/c1-11-2-3-14(20)17(6-11)27-13-4-5-22-16(8-13)19(26)15-7-12(10-23-15)24-18(25)9-21;;/h2-3,6,12-13,15-16,22-23H,4-5,7-10,21H2,1H3,(H,24,25);2*1H/t12-,13?,15+,16?;;/m1../s1. The first-order chi connectivity index (χ1) is 13.0. The topological polar surface area (TPSA) is 105 Å². The number of hydrogen-bond donors (Lipinski definition) is 4. The van der Waals surface area contributed by atoms with Crippen LogP contribution in [0.2, 0.25) is 5.02 Å². The summed E-state index contributed by atoms with van der Waals surface area (Å²) >= 11 is 6.23. The van der Waals surface area contributed by atoms with Gasteiger partial charge in [-0.15, -0.1) is 24.8 Å². The summed E-state index contributed by atoms with van der Waals surface area (Å²) in [5, 5.41) is 9.91. The zero-order chi connectivity index (χ0) is 19.4. The van der Waals surface area contributed by atoms with E-state index >= 15 is 0 Å². The van der Waals surface area contributed by atoms with Gasteiger partial charge in [-0.25, -0.2) is 0 Å². The van der Waals surface area contributed by atoms with Crippen molar-refractivity contribution in [3.63, 3.8) is 0 Å². The number of Topliss-reactive ketones (excluding diaryl/α,β-unsaturated/α-hetero) is 1. The minimum Gasteiger partial charge on any atom is -0.489 e. The van der Waals surface area contributed by atoms with Crippen LogP contribution in [-0.2, 0) is 9.59 Å². The highest BCUT2D eigenvalue weighted by molar-refractivity contribution is 6.32. The van der Waals surface area contributed by atoms with Crippen LogP contribution < -0.4 is 26.4 Å². The lowest BCUT2D eigenvalue weighted by Gasteiger charge is -2.31. The molecule has 1 aromatic carbocycles. The fourth-order valence-corrected chi connectivity index (χ4v) is 3.84. The van der Waals surface area contributed by atoms with Crippen LogP contribution in [0.3, 0.4) is 0 Å². The molecule has 0 saturated carbocycles. The number of ether oxygens (including phenoxy) is 1. The van der Waals surface area contributed by atoms with Gasteiger partial charge in [0.1, 0.15) is 11.9 Å². The fraction of sp³-hybridized carbons (Fsp3) is 0.579. The first-order valence-electron chi connectivity index (χ1n) is 9.39. The van der Waals surface area contributed by atoms with E-state index in [-0.39, 0.29) is 67.3 Å². The largest absolute Gasteiger partial charge is 0.489 e. The molecule has 4 atom stereocenters. The van der Waals surface area contributed by atoms with Gasteiger partial charge < -0.3 is 26.4 Å². The minimum absolute atomic E-state index is 0. The highest BCUT2D eigenvalue weighted by Crippen LogP contribution is 2.28. The molecule has 0 radical (unpaired) electrons. The average Bonchev–Trinajstić information content (AvgIpc) is 3.12. The Kier molecular flexibility index (Phi) is 10.7. The van der Waals surface area contributed by atoms with Gasteiger partial charge in [-0.2, -0.15) is 0 Å². The highest BCUT2D eigenvalue weighted by Gasteiger charge is 2.36. The molecule has 0 aliphatic carbocycles. The maximum absolute atomic E-state index is 12.9. The van der Waals surface area contributed by atoms with E-state index in [2.05, 4.69) is 16.0 Å². The van der Waals surface area contributed by atoms with Crippen LogP contribution in [0.25, 0.3) is 0 Å².